The van der Waals surface area contributed by atoms with Gasteiger partial charge in [0.2, 0.25) is 5.91 Å². The molecule has 2 N–H and O–H groups in total. The first kappa shape index (κ1) is 15.0. The Morgan fingerprint density at radius 1 is 1.17 bits per heavy atom. The molecule has 0 unspecified atom stereocenters. The molecule has 4 heteroatoms. The molecule has 0 atom stereocenters. The van der Waals surface area contributed by atoms with Gasteiger partial charge in [-0.05, 0) is 38.0 Å². The summed E-state index contributed by atoms with van der Waals surface area (Å²) < 4.78 is 0. The molecular weight excluding hydrogens is 230 g/mol. The fourth-order valence-electron chi connectivity index (χ4n) is 2.59. The Bertz CT molecular complexity index is 270. The van der Waals surface area contributed by atoms with Crippen LogP contribution in [-0.2, 0) is 9.59 Å². The smallest absolute Gasteiger partial charge is 0.303 e. The highest BCUT2D eigenvalue weighted by molar-refractivity contribution is 5.76. The summed E-state index contributed by atoms with van der Waals surface area (Å²) in [6.45, 7) is 2.13. The van der Waals surface area contributed by atoms with Crippen molar-refractivity contribution in [1.29, 1.82) is 0 Å². The highest BCUT2D eigenvalue weighted by Crippen LogP contribution is 2.26. The van der Waals surface area contributed by atoms with Crippen LogP contribution in [0.25, 0.3) is 0 Å². The van der Waals surface area contributed by atoms with Gasteiger partial charge in [-0.15, -0.1) is 0 Å². The molecule has 0 aromatic heterocycles. The quantitative estimate of drug-likeness (QED) is 0.687. The van der Waals surface area contributed by atoms with E-state index in [1.165, 1.54) is 0 Å². The molecule has 0 heterocycles. The van der Waals surface area contributed by atoms with Crippen LogP contribution in [0.1, 0.15) is 64.7 Å². The van der Waals surface area contributed by atoms with E-state index in [0.717, 1.165) is 44.9 Å². The number of carboxylic acids is 1. The molecule has 1 saturated carbocycles. The number of rotatable bonds is 7. The van der Waals surface area contributed by atoms with Gasteiger partial charge in [-0.25, -0.2) is 0 Å². The lowest BCUT2D eigenvalue weighted by molar-refractivity contribution is -0.138. The Labute approximate surface area is 109 Å². The zero-order chi connectivity index (χ0) is 13.4. The van der Waals surface area contributed by atoms with Crippen LogP contribution in [0.15, 0.2) is 0 Å². The van der Waals surface area contributed by atoms with Crippen LogP contribution < -0.4 is 5.32 Å². The highest BCUT2D eigenvalue weighted by atomic mass is 16.4. The van der Waals surface area contributed by atoms with E-state index >= 15 is 0 Å². The number of amides is 1. The SMILES string of the molecule is CCCCCC(=O)NC1CCC(CC(=O)O)CC1. The Balaban J connectivity index is 2.14. The van der Waals surface area contributed by atoms with E-state index in [9.17, 15) is 9.59 Å². The second-order valence-electron chi connectivity index (χ2n) is 5.34. The maximum atomic E-state index is 11.6. The lowest BCUT2D eigenvalue weighted by Gasteiger charge is -2.28. The van der Waals surface area contributed by atoms with Gasteiger partial charge in [-0.2, -0.15) is 0 Å². The molecule has 0 saturated heterocycles. The van der Waals surface area contributed by atoms with Gasteiger partial charge in [-0.3, -0.25) is 9.59 Å². The number of nitrogens with one attached hydrogen (secondary N) is 1. The molecule has 1 amide bonds. The van der Waals surface area contributed by atoms with E-state index in [1.807, 2.05) is 0 Å². The van der Waals surface area contributed by atoms with Gasteiger partial charge in [0.25, 0.3) is 0 Å². The van der Waals surface area contributed by atoms with Gasteiger partial charge in [0.05, 0.1) is 0 Å². The number of hydrogen-bond acceptors (Lipinski definition) is 2. The molecule has 0 radical (unpaired) electrons. The van der Waals surface area contributed by atoms with E-state index in [0.29, 0.717) is 12.3 Å². The summed E-state index contributed by atoms with van der Waals surface area (Å²) in [5, 5.41) is 11.8. The predicted molar refractivity (Wildman–Crippen MR) is 70.3 cm³/mol. The third-order valence-electron chi connectivity index (χ3n) is 3.68. The number of carboxylic acid groups (broad SMARTS) is 1. The fourth-order valence-corrected chi connectivity index (χ4v) is 2.59. The first-order valence-corrected chi connectivity index (χ1v) is 7.13. The molecule has 104 valence electrons. The summed E-state index contributed by atoms with van der Waals surface area (Å²) in [5.74, 6) is -0.247. The van der Waals surface area contributed by atoms with Gasteiger partial charge in [-0.1, -0.05) is 19.8 Å². The van der Waals surface area contributed by atoms with Gasteiger partial charge in [0, 0.05) is 18.9 Å². The number of carbonyl (C=O) groups is 2. The number of hydrogen-bond donors (Lipinski definition) is 2. The zero-order valence-corrected chi connectivity index (χ0v) is 11.3. The van der Waals surface area contributed by atoms with Crippen molar-refractivity contribution in [3.63, 3.8) is 0 Å². The number of unbranched alkanes of at least 4 members (excludes halogenated alkanes) is 2. The Morgan fingerprint density at radius 2 is 1.83 bits per heavy atom. The summed E-state index contributed by atoms with van der Waals surface area (Å²) >= 11 is 0. The van der Waals surface area contributed by atoms with Gasteiger partial charge >= 0.3 is 5.97 Å². The van der Waals surface area contributed by atoms with Crippen molar-refractivity contribution in [3.8, 4) is 0 Å². The molecule has 1 rings (SSSR count). The first-order valence-electron chi connectivity index (χ1n) is 7.13. The van der Waals surface area contributed by atoms with Crippen molar-refractivity contribution in [2.24, 2.45) is 5.92 Å². The summed E-state index contributed by atoms with van der Waals surface area (Å²) in [6.07, 6.45) is 7.82. The van der Waals surface area contributed by atoms with Crippen molar-refractivity contribution in [1.82, 2.24) is 5.32 Å². The standard InChI is InChI=1S/C14H25NO3/c1-2-3-4-5-13(16)15-12-8-6-11(7-9-12)10-14(17)18/h11-12H,2-10H2,1H3,(H,15,16)(H,17,18). The highest BCUT2D eigenvalue weighted by Gasteiger charge is 2.23. The Morgan fingerprint density at radius 3 is 2.39 bits per heavy atom. The number of aliphatic carboxylic acids is 1. The largest absolute Gasteiger partial charge is 0.481 e. The van der Waals surface area contributed by atoms with Gasteiger partial charge in [0.15, 0.2) is 0 Å². The Kier molecular flexibility index (Phi) is 6.76. The lowest BCUT2D eigenvalue weighted by atomic mass is 9.84. The zero-order valence-electron chi connectivity index (χ0n) is 11.3. The van der Waals surface area contributed by atoms with Crippen LogP contribution >= 0.6 is 0 Å². The van der Waals surface area contributed by atoms with Crippen LogP contribution in [0, 0.1) is 5.92 Å². The Hall–Kier alpha value is -1.06. The minimum atomic E-state index is -0.706. The van der Waals surface area contributed by atoms with Crippen molar-refractivity contribution < 1.29 is 14.7 Å². The number of carbonyl (C=O) groups excluding carboxylic acids is 1. The predicted octanol–water partition coefficient (Wildman–Crippen LogP) is 2.72. The first-order chi connectivity index (χ1) is 8.61. The van der Waals surface area contributed by atoms with Crippen LogP contribution in [0.5, 0.6) is 0 Å². The molecule has 18 heavy (non-hydrogen) atoms. The van der Waals surface area contributed by atoms with Crippen molar-refractivity contribution >= 4 is 11.9 Å². The normalized spacial score (nSPS) is 23.6. The van der Waals surface area contributed by atoms with Crippen molar-refractivity contribution in [2.75, 3.05) is 0 Å². The second kappa shape index (κ2) is 8.11. The third-order valence-corrected chi connectivity index (χ3v) is 3.68. The minimum Gasteiger partial charge on any atom is -0.481 e. The lowest BCUT2D eigenvalue weighted by Crippen LogP contribution is -2.37. The molecule has 0 aromatic carbocycles. The van der Waals surface area contributed by atoms with E-state index in [-0.39, 0.29) is 18.4 Å². The fraction of sp³-hybridized carbons (Fsp3) is 0.857. The molecular formula is C14H25NO3. The van der Waals surface area contributed by atoms with Gasteiger partial charge in [0.1, 0.15) is 0 Å². The molecule has 1 aliphatic rings. The maximum Gasteiger partial charge on any atom is 0.303 e. The summed E-state index contributed by atoms with van der Waals surface area (Å²) in [5.41, 5.74) is 0. The maximum absolute atomic E-state index is 11.6. The molecule has 0 aromatic rings. The summed E-state index contributed by atoms with van der Waals surface area (Å²) in [6, 6.07) is 0.268. The van der Waals surface area contributed by atoms with Crippen molar-refractivity contribution in [3.05, 3.63) is 0 Å². The third kappa shape index (κ3) is 6.03. The van der Waals surface area contributed by atoms with E-state index < -0.39 is 5.97 Å². The van der Waals surface area contributed by atoms with Crippen LogP contribution in [0.2, 0.25) is 0 Å². The summed E-state index contributed by atoms with van der Waals surface area (Å²) in [7, 11) is 0. The summed E-state index contributed by atoms with van der Waals surface area (Å²) in [4.78, 5) is 22.2. The van der Waals surface area contributed by atoms with Crippen molar-refractivity contribution in [2.45, 2.75) is 70.8 Å². The van der Waals surface area contributed by atoms with E-state index in [2.05, 4.69) is 12.2 Å². The monoisotopic (exact) mass is 255 g/mol. The molecule has 0 bridgehead atoms. The second-order valence-corrected chi connectivity index (χ2v) is 5.34. The molecule has 1 fully saturated rings. The van der Waals surface area contributed by atoms with Crippen LogP contribution in [-0.4, -0.2) is 23.0 Å². The average molecular weight is 255 g/mol. The topological polar surface area (TPSA) is 66.4 Å². The average Bonchev–Trinajstić information content (AvgIpc) is 2.31. The van der Waals surface area contributed by atoms with E-state index in [4.69, 9.17) is 5.11 Å². The molecule has 1 aliphatic carbocycles. The van der Waals surface area contributed by atoms with Crippen LogP contribution in [0.3, 0.4) is 0 Å². The molecule has 0 spiro atoms. The minimum absolute atomic E-state index is 0.158. The van der Waals surface area contributed by atoms with E-state index in [1.54, 1.807) is 0 Å². The molecule has 4 nitrogen and oxygen atoms in total. The van der Waals surface area contributed by atoms with Crippen LogP contribution in [0.4, 0.5) is 0 Å². The van der Waals surface area contributed by atoms with Gasteiger partial charge < -0.3 is 10.4 Å². The molecule has 0 aliphatic heterocycles.